The number of carboxylic acid groups (broad SMARTS) is 1. The third-order valence-electron chi connectivity index (χ3n) is 5.97. The zero-order valence-electron chi connectivity index (χ0n) is 18.1. The molecule has 1 aliphatic rings. The van der Waals surface area contributed by atoms with Crippen molar-refractivity contribution in [3.05, 3.63) is 58.5 Å². The fraction of sp³-hybridized carbons (Fsp3) is 0.435. The number of aliphatic hydroxyl groups is 1. The number of hydrogen-bond acceptors (Lipinski definition) is 4. The van der Waals surface area contributed by atoms with Crippen molar-refractivity contribution in [3.8, 4) is 11.1 Å². The molecule has 0 saturated carbocycles. The Morgan fingerprint density at radius 3 is 2.32 bits per heavy atom. The van der Waals surface area contributed by atoms with Gasteiger partial charge in [-0.25, -0.2) is 4.79 Å². The Labute approximate surface area is 181 Å². The third-order valence-corrected chi connectivity index (χ3v) is 5.97. The van der Waals surface area contributed by atoms with E-state index in [0.29, 0.717) is 11.1 Å². The van der Waals surface area contributed by atoms with Crippen LogP contribution >= 0.6 is 0 Å². The van der Waals surface area contributed by atoms with Gasteiger partial charge in [-0.05, 0) is 32.3 Å². The molecule has 31 heavy (non-hydrogen) atoms. The molecule has 8 heteroatoms. The van der Waals surface area contributed by atoms with Gasteiger partial charge >= 0.3 is 6.09 Å². The zero-order valence-corrected chi connectivity index (χ0v) is 18.1. The highest BCUT2D eigenvalue weighted by atomic mass is 16.4. The first-order chi connectivity index (χ1) is 14.6. The lowest BCUT2D eigenvalue weighted by atomic mass is 9.91. The van der Waals surface area contributed by atoms with Crippen LogP contribution in [0.1, 0.15) is 37.0 Å². The summed E-state index contributed by atoms with van der Waals surface area (Å²) in [6.45, 7) is 4.22. The van der Waals surface area contributed by atoms with Gasteiger partial charge in [-0.2, -0.15) is 0 Å². The van der Waals surface area contributed by atoms with Crippen molar-refractivity contribution >= 4 is 12.0 Å². The minimum Gasteiger partial charge on any atom is -0.465 e. The van der Waals surface area contributed by atoms with Crippen LogP contribution in [0, 0.1) is 0 Å². The molecular formula is C23H29N3O5. The first-order valence-electron chi connectivity index (χ1n) is 10.4. The number of benzene rings is 1. The highest BCUT2D eigenvalue weighted by molar-refractivity contribution is 6.00. The SMILES string of the molecule is CC(C)N(C)C(=O)c1cn(CC2(O)CCN(C(=O)O)CC2)c(=O)cc1-c1ccccc1. The lowest BCUT2D eigenvalue weighted by Crippen LogP contribution is -2.49. The maximum atomic E-state index is 13.2. The molecule has 0 unspecified atom stereocenters. The molecule has 166 valence electrons. The van der Waals surface area contributed by atoms with E-state index in [1.165, 1.54) is 21.7 Å². The molecule has 2 aromatic rings. The average Bonchev–Trinajstić information content (AvgIpc) is 2.74. The Kier molecular flexibility index (Phi) is 6.50. The summed E-state index contributed by atoms with van der Waals surface area (Å²) in [5, 5.41) is 20.1. The first-order valence-corrected chi connectivity index (χ1v) is 10.4. The number of carbonyl (C=O) groups is 2. The van der Waals surface area contributed by atoms with Gasteiger partial charge in [0.05, 0.1) is 17.7 Å². The van der Waals surface area contributed by atoms with E-state index in [-0.39, 0.29) is 50.0 Å². The Balaban J connectivity index is 1.99. The van der Waals surface area contributed by atoms with Crippen molar-refractivity contribution in [2.75, 3.05) is 20.1 Å². The van der Waals surface area contributed by atoms with Crippen LogP contribution < -0.4 is 5.56 Å². The number of aromatic nitrogens is 1. The summed E-state index contributed by atoms with van der Waals surface area (Å²) in [6, 6.07) is 10.7. The van der Waals surface area contributed by atoms with Crippen LogP contribution in [0.5, 0.6) is 0 Å². The highest BCUT2D eigenvalue weighted by Crippen LogP contribution is 2.27. The minimum atomic E-state index is -1.21. The van der Waals surface area contributed by atoms with Gasteiger partial charge in [0.2, 0.25) is 0 Å². The normalized spacial score (nSPS) is 15.7. The molecule has 1 aliphatic heterocycles. The van der Waals surface area contributed by atoms with Crippen LogP contribution in [-0.4, -0.2) is 68.4 Å². The molecule has 8 nitrogen and oxygen atoms in total. The molecule has 0 atom stereocenters. The van der Waals surface area contributed by atoms with E-state index in [4.69, 9.17) is 5.11 Å². The van der Waals surface area contributed by atoms with Gasteiger partial charge in [0.1, 0.15) is 0 Å². The maximum absolute atomic E-state index is 13.2. The zero-order chi connectivity index (χ0) is 22.8. The molecular weight excluding hydrogens is 398 g/mol. The van der Waals surface area contributed by atoms with Crippen LogP contribution in [0.4, 0.5) is 4.79 Å². The van der Waals surface area contributed by atoms with Crippen molar-refractivity contribution in [1.82, 2.24) is 14.4 Å². The standard InChI is InChI=1S/C23H29N3O5/c1-16(2)24(3)21(28)19-14-26(15-23(31)9-11-25(12-10-23)22(29)30)20(27)13-18(19)17-7-5-4-6-8-17/h4-8,13-14,16,31H,9-12,15H2,1-3H3,(H,29,30). The van der Waals surface area contributed by atoms with Crippen LogP contribution in [-0.2, 0) is 6.54 Å². The number of rotatable bonds is 5. The number of piperidine rings is 1. The molecule has 1 fully saturated rings. The number of likely N-dealkylation sites (tertiary alicyclic amines) is 1. The van der Waals surface area contributed by atoms with E-state index in [1.807, 2.05) is 44.2 Å². The largest absolute Gasteiger partial charge is 0.465 e. The molecule has 2 N–H and O–H groups in total. The van der Waals surface area contributed by atoms with Crippen molar-refractivity contribution in [3.63, 3.8) is 0 Å². The average molecular weight is 428 g/mol. The third kappa shape index (κ3) is 4.96. The second kappa shape index (κ2) is 8.93. The molecule has 0 bridgehead atoms. The Morgan fingerprint density at radius 1 is 1.16 bits per heavy atom. The summed E-state index contributed by atoms with van der Waals surface area (Å²) in [7, 11) is 1.71. The van der Waals surface area contributed by atoms with Crippen molar-refractivity contribution in [2.24, 2.45) is 0 Å². The topological polar surface area (TPSA) is 103 Å². The Bertz CT molecular complexity index is 1010. The smallest absolute Gasteiger partial charge is 0.407 e. The van der Waals surface area contributed by atoms with Crippen LogP contribution in [0.25, 0.3) is 11.1 Å². The molecule has 1 aromatic carbocycles. The van der Waals surface area contributed by atoms with E-state index in [0.717, 1.165) is 5.56 Å². The van der Waals surface area contributed by atoms with Crippen molar-refractivity contribution < 1.29 is 19.8 Å². The molecule has 3 rings (SSSR count). The monoisotopic (exact) mass is 427 g/mol. The van der Waals surface area contributed by atoms with Crippen LogP contribution in [0.2, 0.25) is 0 Å². The van der Waals surface area contributed by atoms with E-state index in [2.05, 4.69) is 0 Å². The van der Waals surface area contributed by atoms with Crippen LogP contribution in [0.15, 0.2) is 47.4 Å². The minimum absolute atomic E-state index is 0.0000346. The fourth-order valence-corrected chi connectivity index (χ4v) is 3.74. The summed E-state index contributed by atoms with van der Waals surface area (Å²) in [5.41, 5.74) is 0.159. The van der Waals surface area contributed by atoms with Gasteiger partial charge in [0, 0.05) is 44.0 Å². The Hall–Kier alpha value is -3.13. The van der Waals surface area contributed by atoms with E-state index < -0.39 is 11.7 Å². The summed E-state index contributed by atoms with van der Waals surface area (Å²) < 4.78 is 1.37. The quantitative estimate of drug-likeness (QED) is 0.763. The molecule has 1 aromatic heterocycles. The molecule has 1 saturated heterocycles. The molecule has 0 spiro atoms. The molecule has 2 heterocycles. The summed E-state index contributed by atoms with van der Waals surface area (Å²) in [5.74, 6) is -0.213. The van der Waals surface area contributed by atoms with Gasteiger partial charge in [-0.1, -0.05) is 30.3 Å². The molecule has 0 aliphatic carbocycles. The summed E-state index contributed by atoms with van der Waals surface area (Å²) in [4.78, 5) is 40.1. The maximum Gasteiger partial charge on any atom is 0.407 e. The first kappa shape index (κ1) is 22.6. The van der Waals surface area contributed by atoms with E-state index >= 15 is 0 Å². The number of pyridine rings is 1. The molecule has 0 radical (unpaired) electrons. The number of carbonyl (C=O) groups excluding carboxylic acids is 1. The second-order valence-corrected chi connectivity index (χ2v) is 8.44. The second-order valence-electron chi connectivity index (χ2n) is 8.44. The van der Waals surface area contributed by atoms with Crippen LogP contribution in [0.3, 0.4) is 0 Å². The highest BCUT2D eigenvalue weighted by Gasteiger charge is 2.35. The van der Waals surface area contributed by atoms with Gasteiger partial charge in [-0.3, -0.25) is 9.59 Å². The number of amides is 2. The molecule has 2 amide bonds. The van der Waals surface area contributed by atoms with Crippen molar-refractivity contribution in [1.29, 1.82) is 0 Å². The fourth-order valence-electron chi connectivity index (χ4n) is 3.74. The van der Waals surface area contributed by atoms with E-state index in [9.17, 15) is 19.5 Å². The van der Waals surface area contributed by atoms with E-state index in [1.54, 1.807) is 11.9 Å². The predicted molar refractivity (Wildman–Crippen MR) is 117 cm³/mol. The summed E-state index contributed by atoms with van der Waals surface area (Å²) in [6.07, 6.45) is 0.951. The van der Waals surface area contributed by atoms with Gasteiger partial charge < -0.3 is 24.6 Å². The van der Waals surface area contributed by atoms with Crippen molar-refractivity contribution in [2.45, 2.75) is 44.9 Å². The lowest BCUT2D eigenvalue weighted by molar-refractivity contribution is -0.0303. The Morgan fingerprint density at radius 2 is 1.77 bits per heavy atom. The lowest BCUT2D eigenvalue weighted by Gasteiger charge is -2.37. The number of hydrogen-bond donors (Lipinski definition) is 2. The predicted octanol–water partition coefficient (Wildman–Crippen LogP) is 2.50. The van der Waals surface area contributed by atoms with Gasteiger partial charge in [0.15, 0.2) is 0 Å². The van der Waals surface area contributed by atoms with Gasteiger partial charge in [0.25, 0.3) is 11.5 Å². The summed E-state index contributed by atoms with van der Waals surface area (Å²) >= 11 is 0. The van der Waals surface area contributed by atoms with Gasteiger partial charge in [-0.15, -0.1) is 0 Å². The number of nitrogens with zero attached hydrogens (tertiary/aromatic N) is 3.